The van der Waals surface area contributed by atoms with Crippen molar-refractivity contribution in [3.05, 3.63) is 23.8 Å². The van der Waals surface area contributed by atoms with Crippen LogP contribution in [0.4, 0.5) is 0 Å². The Morgan fingerprint density at radius 3 is 2.75 bits per heavy atom. The Labute approximate surface area is 99.9 Å². The summed E-state index contributed by atoms with van der Waals surface area (Å²) < 4.78 is 0. The average Bonchev–Trinajstić information content (AvgIpc) is 2.32. The summed E-state index contributed by atoms with van der Waals surface area (Å²) in [5.41, 5.74) is 0.762. The van der Waals surface area contributed by atoms with Crippen LogP contribution in [0.25, 0.3) is 0 Å². The Kier molecular flexibility index (Phi) is 3.96. The van der Waals surface area contributed by atoms with Gasteiger partial charge in [-0.05, 0) is 30.4 Å². The Balaban J connectivity index is 1.91. The van der Waals surface area contributed by atoms with Gasteiger partial charge in [-0.15, -0.1) is 0 Å². The van der Waals surface area contributed by atoms with Gasteiger partial charge in [-0.3, -0.25) is 0 Å². The first-order chi connectivity index (χ1) is 7.77. The number of hydrogen-bond acceptors (Lipinski definition) is 4. The van der Waals surface area contributed by atoms with Crippen LogP contribution >= 0.6 is 11.8 Å². The molecule has 3 N–H and O–H groups in total. The number of thioether (sulfide) groups is 1. The average molecular weight is 239 g/mol. The lowest BCUT2D eigenvalue weighted by Crippen LogP contribution is -2.32. The van der Waals surface area contributed by atoms with E-state index in [1.807, 2.05) is 17.8 Å². The first kappa shape index (κ1) is 11.6. The molecule has 2 rings (SSSR count). The van der Waals surface area contributed by atoms with Crippen LogP contribution in [-0.4, -0.2) is 27.8 Å². The Hall–Kier alpha value is -0.870. The summed E-state index contributed by atoms with van der Waals surface area (Å²) in [5, 5.41) is 22.4. The molecular weight excluding hydrogens is 222 g/mol. The molecule has 4 heteroatoms. The molecule has 0 unspecified atom stereocenters. The van der Waals surface area contributed by atoms with Crippen LogP contribution in [-0.2, 0) is 6.54 Å². The summed E-state index contributed by atoms with van der Waals surface area (Å²) in [6.45, 7) is 0.621. The first-order valence-electron chi connectivity index (χ1n) is 5.58. The lowest BCUT2D eigenvalue weighted by molar-refractivity contribution is 0.394. The fourth-order valence-electron chi connectivity index (χ4n) is 1.88. The van der Waals surface area contributed by atoms with Crippen molar-refractivity contribution in [3.63, 3.8) is 0 Å². The molecule has 1 aliphatic heterocycles. The van der Waals surface area contributed by atoms with Gasteiger partial charge in [0, 0.05) is 18.2 Å². The molecule has 0 saturated carbocycles. The largest absolute Gasteiger partial charge is 0.504 e. The zero-order valence-corrected chi connectivity index (χ0v) is 9.96. The standard InChI is InChI=1S/C12H17NO2S/c14-11-3-1-2-9(12(11)15)8-13-10-4-6-16-7-5-10/h1-3,10,13-15H,4-8H2. The third-order valence-corrected chi connectivity index (χ3v) is 3.95. The monoisotopic (exact) mass is 239 g/mol. The number of phenolic OH excluding ortho intramolecular Hbond substituents is 2. The number of para-hydroxylation sites is 1. The molecule has 1 heterocycles. The number of aromatic hydroxyl groups is 2. The van der Waals surface area contributed by atoms with E-state index in [9.17, 15) is 10.2 Å². The molecule has 16 heavy (non-hydrogen) atoms. The minimum Gasteiger partial charge on any atom is -0.504 e. The molecule has 1 aromatic rings. The Bertz CT molecular complexity index is 351. The number of benzene rings is 1. The molecule has 1 fully saturated rings. The summed E-state index contributed by atoms with van der Waals surface area (Å²) in [4.78, 5) is 0. The van der Waals surface area contributed by atoms with Gasteiger partial charge >= 0.3 is 0 Å². The van der Waals surface area contributed by atoms with Crippen LogP contribution < -0.4 is 5.32 Å². The molecule has 0 aliphatic carbocycles. The maximum absolute atomic E-state index is 9.63. The highest BCUT2D eigenvalue weighted by atomic mass is 32.2. The lowest BCUT2D eigenvalue weighted by atomic mass is 10.1. The van der Waals surface area contributed by atoms with E-state index in [1.165, 1.54) is 30.4 Å². The van der Waals surface area contributed by atoms with Gasteiger partial charge in [-0.2, -0.15) is 11.8 Å². The Morgan fingerprint density at radius 1 is 1.25 bits per heavy atom. The van der Waals surface area contributed by atoms with Crippen LogP contribution in [0, 0.1) is 0 Å². The van der Waals surface area contributed by atoms with E-state index in [0.29, 0.717) is 12.6 Å². The highest BCUT2D eigenvalue weighted by Crippen LogP contribution is 2.28. The summed E-state index contributed by atoms with van der Waals surface area (Å²) in [7, 11) is 0. The van der Waals surface area contributed by atoms with E-state index in [2.05, 4.69) is 5.32 Å². The third-order valence-electron chi connectivity index (χ3n) is 2.90. The van der Waals surface area contributed by atoms with E-state index in [-0.39, 0.29) is 11.5 Å². The van der Waals surface area contributed by atoms with E-state index >= 15 is 0 Å². The third kappa shape index (κ3) is 2.83. The van der Waals surface area contributed by atoms with Crippen molar-refractivity contribution >= 4 is 11.8 Å². The number of nitrogens with one attached hydrogen (secondary N) is 1. The van der Waals surface area contributed by atoms with Gasteiger partial charge in [0.2, 0.25) is 0 Å². The van der Waals surface area contributed by atoms with Crippen molar-refractivity contribution < 1.29 is 10.2 Å². The fraction of sp³-hybridized carbons (Fsp3) is 0.500. The summed E-state index contributed by atoms with van der Waals surface area (Å²) in [6.07, 6.45) is 2.37. The highest BCUT2D eigenvalue weighted by Gasteiger charge is 2.13. The van der Waals surface area contributed by atoms with Crippen molar-refractivity contribution in [2.45, 2.75) is 25.4 Å². The fourth-order valence-corrected chi connectivity index (χ4v) is 2.98. The minimum atomic E-state index is -0.0431. The van der Waals surface area contributed by atoms with E-state index in [1.54, 1.807) is 6.07 Å². The smallest absolute Gasteiger partial charge is 0.161 e. The zero-order chi connectivity index (χ0) is 11.4. The van der Waals surface area contributed by atoms with Gasteiger partial charge < -0.3 is 15.5 Å². The minimum absolute atomic E-state index is 0.000171. The second kappa shape index (κ2) is 5.46. The lowest BCUT2D eigenvalue weighted by Gasteiger charge is -2.22. The van der Waals surface area contributed by atoms with Gasteiger partial charge in [-0.25, -0.2) is 0 Å². The quantitative estimate of drug-likeness (QED) is 0.707. The number of hydrogen-bond donors (Lipinski definition) is 3. The van der Waals surface area contributed by atoms with Crippen molar-refractivity contribution in [2.75, 3.05) is 11.5 Å². The van der Waals surface area contributed by atoms with Crippen molar-refractivity contribution in [3.8, 4) is 11.5 Å². The van der Waals surface area contributed by atoms with Crippen molar-refractivity contribution in [1.29, 1.82) is 0 Å². The van der Waals surface area contributed by atoms with Crippen molar-refractivity contribution in [1.82, 2.24) is 5.32 Å². The predicted octanol–water partition coefficient (Wildman–Crippen LogP) is 2.08. The van der Waals surface area contributed by atoms with Crippen LogP contribution in [0.15, 0.2) is 18.2 Å². The summed E-state index contributed by atoms with van der Waals surface area (Å²) in [5.74, 6) is 2.38. The SMILES string of the molecule is Oc1cccc(CNC2CCSCC2)c1O. The van der Waals surface area contributed by atoms with Gasteiger partial charge in [0.1, 0.15) is 0 Å². The second-order valence-corrected chi connectivity index (χ2v) is 5.28. The van der Waals surface area contributed by atoms with Gasteiger partial charge in [0.15, 0.2) is 11.5 Å². The van der Waals surface area contributed by atoms with Crippen LogP contribution in [0.2, 0.25) is 0 Å². The van der Waals surface area contributed by atoms with Crippen LogP contribution in [0.5, 0.6) is 11.5 Å². The number of rotatable bonds is 3. The molecular formula is C12H17NO2S. The molecule has 1 aromatic carbocycles. The maximum atomic E-state index is 9.63. The molecule has 88 valence electrons. The molecule has 0 amide bonds. The van der Waals surface area contributed by atoms with Crippen LogP contribution in [0.1, 0.15) is 18.4 Å². The maximum Gasteiger partial charge on any atom is 0.161 e. The Morgan fingerprint density at radius 2 is 2.00 bits per heavy atom. The van der Waals surface area contributed by atoms with Crippen molar-refractivity contribution in [2.24, 2.45) is 0 Å². The van der Waals surface area contributed by atoms with E-state index in [4.69, 9.17) is 0 Å². The number of phenols is 2. The normalized spacial score (nSPS) is 17.5. The molecule has 3 nitrogen and oxygen atoms in total. The zero-order valence-electron chi connectivity index (χ0n) is 9.15. The highest BCUT2D eigenvalue weighted by molar-refractivity contribution is 7.99. The van der Waals surface area contributed by atoms with Crippen LogP contribution in [0.3, 0.4) is 0 Å². The molecule has 0 aromatic heterocycles. The topological polar surface area (TPSA) is 52.5 Å². The summed E-state index contributed by atoms with van der Waals surface area (Å²) >= 11 is 2.00. The second-order valence-electron chi connectivity index (χ2n) is 4.05. The van der Waals surface area contributed by atoms with E-state index in [0.717, 1.165) is 5.56 Å². The van der Waals surface area contributed by atoms with Gasteiger partial charge in [-0.1, -0.05) is 12.1 Å². The first-order valence-corrected chi connectivity index (χ1v) is 6.74. The molecule has 1 saturated heterocycles. The molecule has 0 radical (unpaired) electrons. The summed E-state index contributed by atoms with van der Waals surface area (Å²) in [6, 6.07) is 5.63. The van der Waals surface area contributed by atoms with E-state index < -0.39 is 0 Å². The molecule has 0 bridgehead atoms. The van der Waals surface area contributed by atoms with Gasteiger partial charge in [0.25, 0.3) is 0 Å². The predicted molar refractivity (Wildman–Crippen MR) is 67.0 cm³/mol. The molecule has 1 aliphatic rings. The van der Waals surface area contributed by atoms with Gasteiger partial charge in [0.05, 0.1) is 0 Å². The molecule has 0 atom stereocenters. The molecule has 0 spiro atoms.